The van der Waals surface area contributed by atoms with E-state index in [0.29, 0.717) is 0 Å². The number of hydrogen-bond acceptors (Lipinski definition) is 2. The molecule has 0 bridgehead atoms. The molecular formula is C23H19FN2. The van der Waals surface area contributed by atoms with Crippen LogP contribution in [0.15, 0.2) is 83.6 Å². The number of halogens is 1. The highest BCUT2D eigenvalue weighted by Crippen LogP contribution is 2.25. The lowest BCUT2D eigenvalue weighted by atomic mass is 9.94. The SMILES string of the molecule is Fc1ccc(-c2cccc(/C=C3\CCCN=C3c3cccnc3)c2)cc1. The van der Waals surface area contributed by atoms with Crippen molar-refractivity contribution in [1.82, 2.24) is 4.98 Å². The molecule has 128 valence electrons. The van der Waals surface area contributed by atoms with Crippen molar-refractivity contribution in [3.63, 3.8) is 0 Å². The van der Waals surface area contributed by atoms with Gasteiger partial charge in [-0.25, -0.2) is 4.39 Å². The van der Waals surface area contributed by atoms with E-state index in [1.165, 1.54) is 17.7 Å². The summed E-state index contributed by atoms with van der Waals surface area (Å²) in [6.45, 7) is 0.858. The molecule has 2 nitrogen and oxygen atoms in total. The third-order valence-corrected chi connectivity index (χ3v) is 4.52. The van der Waals surface area contributed by atoms with Crippen LogP contribution in [0.2, 0.25) is 0 Å². The molecule has 0 saturated carbocycles. The van der Waals surface area contributed by atoms with E-state index >= 15 is 0 Å². The van der Waals surface area contributed by atoms with E-state index in [1.807, 2.05) is 36.5 Å². The molecule has 3 aromatic rings. The molecule has 26 heavy (non-hydrogen) atoms. The average Bonchev–Trinajstić information content (AvgIpc) is 2.70. The highest BCUT2D eigenvalue weighted by Gasteiger charge is 2.14. The van der Waals surface area contributed by atoms with E-state index in [2.05, 4.69) is 29.3 Å². The molecule has 0 aliphatic carbocycles. The normalized spacial score (nSPS) is 15.7. The molecule has 1 aromatic heterocycles. The van der Waals surface area contributed by atoms with Gasteiger partial charge in [0.25, 0.3) is 0 Å². The van der Waals surface area contributed by atoms with E-state index < -0.39 is 0 Å². The minimum Gasteiger partial charge on any atom is -0.284 e. The zero-order chi connectivity index (χ0) is 17.8. The number of allylic oxidation sites excluding steroid dienone is 1. The van der Waals surface area contributed by atoms with Crippen molar-refractivity contribution in [2.75, 3.05) is 6.54 Å². The zero-order valence-corrected chi connectivity index (χ0v) is 14.4. The number of hydrogen-bond donors (Lipinski definition) is 0. The Kier molecular flexibility index (Phi) is 4.69. The molecule has 0 amide bonds. The molecule has 0 spiro atoms. The zero-order valence-electron chi connectivity index (χ0n) is 14.4. The van der Waals surface area contributed by atoms with Crippen molar-refractivity contribution in [3.8, 4) is 11.1 Å². The topological polar surface area (TPSA) is 25.2 Å². The van der Waals surface area contributed by atoms with Gasteiger partial charge in [0.1, 0.15) is 5.82 Å². The van der Waals surface area contributed by atoms with Crippen LogP contribution in [0, 0.1) is 5.82 Å². The lowest BCUT2D eigenvalue weighted by Crippen LogP contribution is -2.11. The maximum Gasteiger partial charge on any atom is 0.123 e. The van der Waals surface area contributed by atoms with Crippen molar-refractivity contribution < 1.29 is 4.39 Å². The lowest BCUT2D eigenvalue weighted by Gasteiger charge is -2.16. The van der Waals surface area contributed by atoms with Crippen molar-refractivity contribution in [1.29, 1.82) is 0 Å². The first-order chi connectivity index (χ1) is 12.8. The van der Waals surface area contributed by atoms with Crippen LogP contribution in [-0.2, 0) is 0 Å². The predicted molar refractivity (Wildman–Crippen MR) is 105 cm³/mol. The van der Waals surface area contributed by atoms with Gasteiger partial charge in [0.05, 0.1) is 5.71 Å². The fourth-order valence-electron chi connectivity index (χ4n) is 3.25. The van der Waals surface area contributed by atoms with Crippen LogP contribution in [0.25, 0.3) is 17.2 Å². The first-order valence-corrected chi connectivity index (χ1v) is 8.81. The van der Waals surface area contributed by atoms with Crippen LogP contribution < -0.4 is 0 Å². The highest BCUT2D eigenvalue weighted by molar-refractivity contribution is 6.15. The Morgan fingerprint density at radius 2 is 1.73 bits per heavy atom. The summed E-state index contributed by atoms with van der Waals surface area (Å²) in [6.07, 6.45) is 7.93. The van der Waals surface area contributed by atoms with Gasteiger partial charge in [0.2, 0.25) is 0 Å². The molecule has 0 fully saturated rings. The van der Waals surface area contributed by atoms with Gasteiger partial charge in [-0.1, -0.05) is 30.3 Å². The van der Waals surface area contributed by atoms with Gasteiger partial charge in [-0.3, -0.25) is 9.98 Å². The van der Waals surface area contributed by atoms with Gasteiger partial charge in [-0.05, 0) is 71.5 Å². The molecule has 4 rings (SSSR count). The summed E-state index contributed by atoms with van der Waals surface area (Å²) in [6, 6.07) is 18.9. The van der Waals surface area contributed by atoms with E-state index in [4.69, 9.17) is 4.99 Å². The second kappa shape index (κ2) is 7.44. The molecule has 0 saturated heterocycles. The smallest absolute Gasteiger partial charge is 0.123 e. The van der Waals surface area contributed by atoms with Crippen molar-refractivity contribution >= 4 is 11.8 Å². The van der Waals surface area contributed by atoms with Crippen LogP contribution >= 0.6 is 0 Å². The summed E-state index contributed by atoms with van der Waals surface area (Å²) in [5.41, 5.74) is 6.55. The Morgan fingerprint density at radius 3 is 2.54 bits per heavy atom. The van der Waals surface area contributed by atoms with Crippen LogP contribution in [-0.4, -0.2) is 17.2 Å². The van der Waals surface area contributed by atoms with Gasteiger partial charge in [0, 0.05) is 24.5 Å². The number of rotatable bonds is 3. The van der Waals surface area contributed by atoms with Gasteiger partial charge in [-0.2, -0.15) is 0 Å². The molecule has 0 unspecified atom stereocenters. The Balaban J connectivity index is 1.69. The minimum atomic E-state index is -0.216. The first-order valence-electron chi connectivity index (χ1n) is 8.81. The Bertz CT molecular complexity index is 957. The van der Waals surface area contributed by atoms with E-state index in [0.717, 1.165) is 47.4 Å². The van der Waals surface area contributed by atoms with Crippen LogP contribution in [0.3, 0.4) is 0 Å². The predicted octanol–water partition coefficient (Wildman–Crippen LogP) is 5.55. The largest absolute Gasteiger partial charge is 0.284 e. The molecule has 1 aliphatic rings. The molecule has 0 atom stereocenters. The standard InChI is InChI=1S/C23H19FN2/c24-22-10-8-18(9-11-22)19-5-1-4-17(14-19)15-20-6-3-13-26-23(20)21-7-2-12-25-16-21/h1-2,4-5,7-12,14-16H,3,6,13H2/b20-15+. The number of nitrogens with zero attached hydrogens (tertiary/aromatic N) is 2. The van der Waals surface area contributed by atoms with Crippen molar-refractivity contribution in [3.05, 3.63) is 95.6 Å². The number of aliphatic imine (C=N–C) groups is 1. The number of pyridine rings is 1. The second-order valence-corrected chi connectivity index (χ2v) is 6.38. The maximum absolute atomic E-state index is 13.2. The number of aromatic nitrogens is 1. The summed E-state index contributed by atoms with van der Waals surface area (Å²) < 4.78 is 13.2. The summed E-state index contributed by atoms with van der Waals surface area (Å²) in [7, 11) is 0. The molecule has 2 aromatic carbocycles. The quantitative estimate of drug-likeness (QED) is 0.612. The molecule has 0 N–H and O–H groups in total. The van der Waals surface area contributed by atoms with Gasteiger partial charge in [-0.15, -0.1) is 0 Å². The summed E-state index contributed by atoms with van der Waals surface area (Å²) >= 11 is 0. The molecular weight excluding hydrogens is 323 g/mol. The second-order valence-electron chi connectivity index (χ2n) is 6.38. The first kappa shape index (κ1) is 16.4. The Hall–Kier alpha value is -3.07. The van der Waals surface area contributed by atoms with E-state index in [-0.39, 0.29) is 5.82 Å². The van der Waals surface area contributed by atoms with Crippen molar-refractivity contribution in [2.24, 2.45) is 4.99 Å². The molecule has 0 radical (unpaired) electrons. The van der Waals surface area contributed by atoms with E-state index in [1.54, 1.807) is 6.20 Å². The molecule has 1 aliphatic heterocycles. The number of benzene rings is 2. The summed E-state index contributed by atoms with van der Waals surface area (Å²) in [5, 5.41) is 0. The lowest BCUT2D eigenvalue weighted by molar-refractivity contribution is 0.628. The van der Waals surface area contributed by atoms with E-state index in [9.17, 15) is 4.39 Å². The third kappa shape index (κ3) is 3.62. The fourth-order valence-corrected chi connectivity index (χ4v) is 3.25. The summed E-state index contributed by atoms with van der Waals surface area (Å²) in [5.74, 6) is -0.216. The van der Waals surface area contributed by atoms with Crippen LogP contribution in [0.4, 0.5) is 4.39 Å². The Morgan fingerprint density at radius 1 is 0.885 bits per heavy atom. The Labute approximate surface area is 152 Å². The van der Waals surface area contributed by atoms with Gasteiger partial charge < -0.3 is 0 Å². The maximum atomic E-state index is 13.2. The third-order valence-electron chi connectivity index (χ3n) is 4.52. The van der Waals surface area contributed by atoms with Gasteiger partial charge >= 0.3 is 0 Å². The average molecular weight is 342 g/mol. The monoisotopic (exact) mass is 342 g/mol. The molecule has 2 heterocycles. The van der Waals surface area contributed by atoms with Crippen LogP contribution in [0.5, 0.6) is 0 Å². The highest BCUT2D eigenvalue weighted by atomic mass is 19.1. The fraction of sp³-hybridized carbons (Fsp3) is 0.130. The summed E-state index contributed by atoms with van der Waals surface area (Å²) in [4.78, 5) is 8.96. The van der Waals surface area contributed by atoms with Gasteiger partial charge in [0.15, 0.2) is 0 Å². The minimum absolute atomic E-state index is 0.216. The van der Waals surface area contributed by atoms with Crippen molar-refractivity contribution in [2.45, 2.75) is 12.8 Å². The van der Waals surface area contributed by atoms with Crippen LogP contribution in [0.1, 0.15) is 24.0 Å². The molecule has 3 heteroatoms.